The van der Waals surface area contributed by atoms with Crippen LogP contribution >= 0.6 is 23.2 Å². The van der Waals surface area contributed by atoms with Crippen LogP contribution in [0.3, 0.4) is 0 Å². The number of rotatable bonds is 7. The second-order valence-electron chi connectivity index (χ2n) is 9.99. The zero-order chi connectivity index (χ0) is 24.2. The maximum Gasteiger partial charge on any atom is 0.337 e. The molecule has 2 aliphatic carbocycles. The third kappa shape index (κ3) is 4.30. The molecule has 1 N–H and O–H groups in total. The van der Waals surface area contributed by atoms with Gasteiger partial charge >= 0.3 is 5.97 Å². The molecule has 1 aromatic carbocycles. The lowest BCUT2D eigenvalue weighted by atomic mass is 9.66. The number of anilines is 1. The van der Waals surface area contributed by atoms with Crippen molar-refractivity contribution < 1.29 is 19.2 Å². The number of carbonyl (C=O) groups is 1. The molecule has 3 aliphatic rings. The van der Waals surface area contributed by atoms with Gasteiger partial charge in [-0.1, -0.05) is 34.4 Å². The van der Waals surface area contributed by atoms with Crippen LogP contribution in [0.15, 0.2) is 41.2 Å². The molecule has 0 atom stereocenters. The third-order valence-corrected chi connectivity index (χ3v) is 8.16. The van der Waals surface area contributed by atoms with Crippen molar-refractivity contribution in [3.05, 3.63) is 63.6 Å². The highest BCUT2D eigenvalue weighted by molar-refractivity contribution is 6.39. The van der Waals surface area contributed by atoms with Crippen molar-refractivity contribution in [1.29, 1.82) is 0 Å². The number of hydrogen-bond donors (Lipinski definition) is 1. The lowest BCUT2D eigenvalue weighted by Gasteiger charge is -2.45. The number of nitrogens with zero attached hydrogens (tertiary/aromatic N) is 3. The van der Waals surface area contributed by atoms with E-state index in [1.54, 1.807) is 12.3 Å². The first-order valence-corrected chi connectivity index (χ1v) is 12.7. The third-order valence-electron chi connectivity index (χ3n) is 7.53. The largest absolute Gasteiger partial charge is 0.478 e. The molecule has 3 aromatic rings. The van der Waals surface area contributed by atoms with Crippen LogP contribution < -0.4 is 4.90 Å². The van der Waals surface area contributed by atoms with Crippen LogP contribution in [-0.4, -0.2) is 40.4 Å². The molecule has 0 unspecified atom stereocenters. The predicted octanol–water partition coefficient (Wildman–Crippen LogP) is 6.19. The number of aromatic nitrogens is 2. The minimum atomic E-state index is -0.956. The standard InChI is InChI=1S/C26H25Cl2N3O4/c27-20-2-1-3-21(28)22(20)23-19(24(35-30-23)15-4-5-15)13-34-18-9-26(10-18)6-7-31(14-26)17-8-16(25(32)33)11-29-12-17/h1-3,8,11-12,15,18H,4-7,9-10,13-14H2,(H,32,33). The highest BCUT2D eigenvalue weighted by Gasteiger charge is 2.49. The van der Waals surface area contributed by atoms with E-state index >= 15 is 0 Å². The quantitative estimate of drug-likeness (QED) is 0.402. The molecule has 182 valence electrons. The lowest BCUT2D eigenvalue weighted by molar-refractivity contribution is -0.0796. The summed E-state index contributed by atoms with van der Waals surface area (Å²) in [4.78, 5) is 17.6. The Bertz CT molecular complexity index is 1260. The van der Waals surface area contributed by atoms with Gasteiger partial charge in [0.15, 0.2) is 0 Å². The summed E-state index contributed by atoms with van der Waals surface area (Å²) in [6.07, 6.45) is 8.49. The Hall–Kier alpha value is -2.61. The number of benzene rings is 1. The van der Waals surface area contributed by atoms with Gasteiger partial charge in [-0.15, -0.1) is 0 Å². The summed E-state index contributed by atoms with van der Waals surface area (Å²) in [6, 6.07) is 7.14. The van der Waals surface area contributed by atoms with Gasteiger partial charge < -0.3 is 19.3 Å². The van der Waals surface area contributed by atoms with Crippen molar-refractivity contribution in [2.24, 2.45) is 5.41 Å². The van der Waals surface area contributed by atoms with Gasteiger partial charge in [0, 0.05) is 36.3 Å². The number of pyridine rings is 1. The number of aromatic carboxylic acids is 1. The maximum absolute atomic E-state index is 11.3. The molecule has 3 fully saturated rings. The van der Waals surface area contributed by atoms with Gasteiger partial charge in [0.25, 0.3) is 0 Å². The Balaban J connectivity index is 1.13. The molecule has 9 heteroatoms. The summed E-state index contributed by atoms with van der Waals surface area (Å²) in [6.45, 7) is 2.20. The molecule has 0 radical (unpaired) electrons. The van der Waals surface area contributed by atoms with Gasteiger partial charge in [-0.2, -0.15) is 0 Å². The van der Waals surface area contributed by atoms with Crippen molar-refractivity contribution in [2.75, 3.05) is 18.0 Å². The molecule has 1 spiro atoms. The molecule has 1 saturated heterocycles. The lowest BCUT2D eigenvalue weighted by Crippen LogP contribution is -2.44. The molecular weight excluding hydrogens is 489 g/mol. The number of hydrogen-bond acceptors (Lipinski definition) is 6. The minimum Gasteiger partial charge on any atom is -0.478 e. The average Bonchev–Trinajstić information content (AvgIpc) is 3.43. The number of ether oxygens (including phenoxy) is 1. The van der Waals surface area contributed by atoms with E-state index < -0.39 is 5.97 Å². The smallest absolute Gasteiger partial charge is 0.337 e. The molecule has 1 aliphatic heterocycles. The highest BCUT2D eigenvalue weighted by atomic mass is 35.5. The van der Waals surface area contributed by atoms with Gasteiger partial charge in [-0.3, -0.25) is 4.98 Å². The Morgan fingerprint density at radius 3 is 2.71 bits per heavy atom. The fourth-order valence-electron chi connectivity index (χ4n) is 5.48. The number of carboxylic acid groups (broad SMARTS) is 1. The van der Waals surface area contributed by atoms with Crippen LogP contribution in [0.1, 0.15) is 59.7 Å². The summed E-state index contributed by atoms with van der Waals surface area (Å²) < 4.78 is 12.1. The van der Waals surface area contributed by atoms with E-state index in [4.69, 9.17) is 32.5 Å². The van der Waals surface area contributed by atoms with Gasteiger partial charge in [-0.05, 0) is 55.7 Å². The summed E-state index contributed by atoms with van der Waals surface area (Å²) in [5.41, 5.74) is 3.60. The Morgan fingerprint density at radius 1 is 1.23 bits per heavy atom. The number of carboxylic acids is 1. The summed E-state index contributed by atoms with van der Waals surface area (Å²) in [5, 5.41) is 14.7. The average molecular weight is 514 g/mol. The molecule has 3 heterocycles. The zero-order valence-corrected chi connectivity index (χ0v) is 20.6. The van der Waals surface area contributed by atoms with Crippen LogP contribution in [0.5, 0.6) is 0 Å². The molecule has 7 nitrogen and oxygen atoms in total. The molecule has 2 saturated carbocycles. The predicted molar refractivity (Wildman–Crippen MR) is 132 cm³/mol. The minimum absolute atomic E-state index is 0.162. The molecule has 35 heavy (non-hydrogen) atoms. The van der Waals surface area contributed by atoms with E-state index in [2.05, 4.69) is 15.0 Å². The molecule has 6 rings (SSSR count). The normalized spacial score (nSPS) is 23.6. The topological polar surface area (TPSA) is 88.7 Å². The zero-order valence-electron chi connectivity index (χ0n) is 19.0. The van der Waals surface area contributed by atoms with Crippen LogP contribution in [-0.2, 0) is 11.3 Å². The SMILES string of the molecule is O=C(O)c1cncc(N2CCC3(CC(OCc4c(-c5c(Cl)cccc5Cl)noc4C4CC4)C3)C2)c1. The molecule has 0 amide bonds. The first kappa shape index (κ1) is 22.8. The van der Waals surface area contributed by atoms with Gasteiger partial charge in [0.1, 0.15) is 11.5 Å². The van der Waals surface area contributed by atoms with Crippen LogP contribution in [0, 0.1) is 5.41 Å². The molecule has 2 aromatic heterocycles. The Labute approximate surface area is 213 Å². The van der Waals surface area contributed by atoms with Crippen molar-refractivity contribution >= 4 is 34.9 Å². The van der Waals surface area contributed by atoms with Crippen LogP contribution in [0.2, 0.25) is 10.0 Å². The van der Waals surface area contributed by atoms with E-state index in [9.17, 15) is 9.90 Å². The van der Waals surface area contributed by atoms with E-state index in [1.165, 1.54) is 6.20 Å². The summed E-state index contributed by atoms with van der Waals surface area (Å²) in [7, 11) is 0. The second kappa shape index (κ2) is 8.80. The summed E-state index contributed by atoms with van der Waals surface area (Å²) >= 11 is 12.9. The van der Waals surface area contributed by atoms with Crippen molar-refractivity contribution in [1.82, 2.24) is 10.1 Å². The monoisotopic (exact) mass is 513 g/mol. The van der Waals surface area contributed by atoms with Crippen molar-refractivity contribution in [3.63, 3.8) is 0 Å². The van der Waals surface area contributed by atoms with E-state index in [0.717, 1.165) is 62.2 Å². The fourth-order valence-corrected chi connectivity index (χ4v) is 6.06. The first-order chi connectivity index (χ1) is 16.9. The first-order valence-electron chi connectivity index (χ1n) is 11.9. The summed E-state index contributed by atoms with van der Waals surface area (Å²) in [5.74, 6) is 0.326. The molecular formula is C26H25Cl2N3O4. The van der Waals surface area contributed by atoms with E-state index in [0.29, 0.717) is 33.8 Å². The Kier molecular flexibility index (Phi) is 5.74. The maximum atomic E-state index is 11.3. The molecule has 0 bridgehead atoms. The van der Waals surface area contributed by atoms with Crippen LogP contribution in [0.25, 0.3) is 11.3 Å². The Morgan fingerprint density at radius 2 is 2.00 bits per heavy atom. The number of halogens is 2. The van der Waals surface area contributed by atoms with E-state index in [-0.39, 0.29) is 17.1 Å². The highest BCUT2D eigenvalue weighted by Crippen LogP contribution is 2.51. The van der Waals surface area contributed by atoms with Gasteiger partial charge in [0.05, 0.1) is 40.2 Å². The van der Waals surface area contributed by atoms with Gasteiger partial charge in [-0.25, -0.2) is 4.79 Å². The van der Waals surface area contributed by atoms with Crippen LogP contribution in [0.4, 0.5) is 5.69 Å². The fraction of sp³-hybridized carbons (Fsp3) is 0.423. The van der Waals surface area contributed by atoms with Crippen molar-refractivity contribution in [3.8, 4) is 11.3 Å². The van der Waals surface area contributed by atoms with E-state index in [1.807, 2.05) is 18.2 Å². The van der Waals surface area contributed by atoms with Gasteiger partial charge in [0.2, 0.25) is 0 Å². The van der Waals surface area contributed by atoms with Crippen molar-refractivity contribution in [2.45, 2.75) is 50.7 Å². The second-order valence-corrected chi connectivity index (χ2v) is 10.8.